The number of rotatable bonds is 8. The molecule has 1 unspecified atom stereocenters. The van der Waals surface area contributed by atoms with Gasteiger partial charge >= 0.3 is 5.97 Å². The van der Waals surface area contributed by atoms with Gasteiger partial charge in [-0.1, -0.05) is 57.2 Å². The molecule has 4 amide bonds. The molecular formula is C46H52ClN7O7. The van der Waals surface area contributed by atoms with Crippen LogP contribution in [-0.2, 0) is 41.7 Å². The minimum absolute atomic E-state index is 0.0455. The smallest absolute Gasteiger partial charge is 0.305 e. The zero-order valence-electron chi connectivity index (χ0n) is 35.0. The first-order valence-electron chi connectivity index (χ1n) is 20.5. The number of hydrazone groups is 1. The summed E-state index contributed by atoms with van der Waals surface area (Å²) in [6.07, 6.45) is 2.89. The third-order valence-corrected chi connectivity index (χ3v) is 11.6. The molecule has 3 atom stereocenters. The van der Waals surface area contributed by atoms with Crippen molar-refractivity contribution in [1.82, 2.24) is 24.7 Å². The summed E-state index contributed by atoms with van der Waals surface area (Å²) < 4.78 is 7.77. The lowest BCUT2D eigenvalue weighted by atomic mass is 9.94. The lowest BCUT2D eigenvalue weighted by Crippen LogP contribution is -2.61. The number of likely N-dealkylation sites (tertiary alicyclic amines) is 1. The fourth-order valence-electron chi connectivity index (χ4n) is 8.24. The summed E-state index contributed by atoms with van der Waals surface area (Å²) in [5.74, 6) is -3.21. The van der Waals surface area contributed by atoms with Crippen molar-refractivity contribution in [2.75, 3.05) is 39.2 Å². The fourth-order valence-corrected chi connectivity index (χ4v) is 8.40. The maximum absolute atomic E-state index is 14.3. The number of carbonyl (C=O) groups is 5. The number of esters is 1. The molecule has 2 N–H and O–H groups in total. The van der Waals surface area contributed by atoms with Gasteiger partial charge in [0.1, 0.15) is 23.7 Å². The van der Waals surface area contributed by atoms with E-state index in [2.05, 4.69) is 27.8 Å². The minimum Gasteiger partial charge on any atom is -0.508 e. The van der Waals surface area contributed by atoms with E-state index in [1.165, 1.54) is 21.9 Å². The molecule has 61 heavy (non-hydrogen) atoms. The van der Waals surface area contributed by atoms with Gasteiger partial charge < -0.3 is 29.5 Å². The molecule has 2 aliphatic rings. The summed E-state index contributed by atoms with van der Waals surface area (Å²) in [6.45, 7) is 10.4. The van der Waals surface area contributed by atoms with Gasteiger partial charge in [0, 0.05) is 86.9 Å². The van der Waals surface area contributed by atoms with E-state index >= 15 is 0 Å². The van der Waals surface area contributed by atoms with Gasteiger partial charge in [-0.3, -0.25) is 24.0 Å². The predicted octanol–water partition coefficient (Wildman–Crippen LogP) is 5.57. The number of phenolic OH excluding ortho intramolecular Hbond substituents is 1. The number of hydrogen-bond acceptors (Lipinski definition) is 9. The van der Waals surface area contributed by atoms with E-state index < -0.39 is 29.8 Å². The fraction of sp³-hybridized carbons (Fsp3) is 0.413. The maximum atomic E-state index is 14.3. The highest BCUT2D eigenvalue weighted by Gasteiger charge is 2.41. The van der Waals surface area contributed by atoms with Gasteiger partial charge in [-0.05, 0) is 59.7 Å². The number of fused-ring (bicyclic) bond motifs is 4. The van der Waals surface area contributed by atoms with Crippen molar-refractivity contribution in [3.05, 3.63) is 78.0 Å². The van der Waals surface area contributed by atoms with Crippen LogP contribution in [0.4, 0.5) is 0 Å². The molecule has 4 bridgehead atoms. The van der Waals surface area contributed by atoms with Crippen LogP contribution in [0.25, 0.3) is 33.2 Å². The number of halogens is 1. The van der Waals surface area contributed by atoms with Gasteiger partial charge in [-0.2, -0.15) is 10.4 Å². The second kappa shape index (κ2) is 19.5. The Morgan fingerprint density at radius 1 is 1.05 bits per heavy atom. The van der Waals surface area contributed by atoms with Crippen molar-refractivity contribution < 1.29 is 33.8 Å². The van der Waals surface area contributed by atoms with E-state index in [9.17, 15) is 34.3 Å². The van der Waals surface area contributed by atoms with Gasteiger partial charge in [-0.15, -0.1) is 11.6 Å². The second-order valence-corrected chi connectivity index (χ2v) is 16.6. The Labute approximate surface area is 360 Å². The van der Waals surface area contributed by atoms with Gasteiger partial charge in [-0.25, -0.2) is 5.01 Å². The highest BCUT2D eigenvalue weighted by molar-refractivity contribution is 6.27. The molecule has 0 spiro atoms. The number of aromatic nitrogens is 1. The van der Waals surface area contributed by atoms with Gasteiger partial charge in [0.25, 0.3) is 5.91 Å². The zero-order chi connectivity index (χ0) is 44.0. The molecule has 2 aliphatic heterocycles. The van der Waals surface area contributed by atoms with E-state index in [0.29, 0.717) is 36.1 Å². The molecule has 4 aromatic rings. The van der Waals surface area contributed by atoms with E-state index in [1.54, 1.807) is 32.0 Å². The molecule has 3 heterocycles. The number of carbonyl (C=O) groups excluding carboxylic acids is 5. The number of nitrogens with one attached hydrogen (secondary N) is 1. The van der Waals surface area contributed by atoms with Crippen molar-refractivity contribution in [3.63, 3.8) is 0 Å². The molecule has 320 valence electrons. The Kier molecular flexibility index (Phi) is 14.1. The molecule has 3 aromatic carbocycles. The number of cyclic esters (lactones) is 1. The van der Waals surface area contributed by atoms with E-state index in [0.717, 1.165) is 27.6 Å². The monoisotopic (exact) mass is 849 g/mol. The average molecular weight is 850 g/mol. The first-order chi connectivity index (χ1) is 29.2. The highest BCUT2D eigenvalue weighted by atomic mass is 35.5. The molecule has 15 heteroatoms. The Morgan fingerprint density at radius 2 is 1.80 bits per heavy atom. The lowest BCUT2D eigenvalue weighted by Gasteiger charge is -2.41. The normalized spacial score (nSPS) is 18.5. The Balaban J connectivity index is 1.37. The van der Waals surface area contributed by atoms with E-state index in [4.69, 9.17) is 16.3 Å². The molecule has 0 aliphatic carbocycles. The van der Waals surface area contributed by atoms with Crippen LogP contribution < -0.4 is 5.32 Å². The lowest BCUT2D eigenvalue weighted by molar-refractivity contribution is -0.152. The van der Waals surface area contributed by atoms with Crippen molar-refractivity contribution >= 4 is 58.8 Å². The quantitative estimate of drug-likeness (QED) is 0.131. The van der Waals surface area contributed by atoms with E-state index in [-0.39, 0.29) is 80.3 Å². The third-order valence-electron chi connectivity index (χ3n) is 11.4. The Bertz CT molecular complexity index is 2370. The summed E-state index contributed by atoms with van der Waals surface area (Å²) in [7, 11) is 1.54. The SMILES string of the molecule is C=NN1CCCCC(=O)OC[C@@H](C)Cn2cc(-c3ccccc3C#N)c3ccc(cc32)-c2cc(O)cc(c2)CC(NC(=O)[C@H](C(C)C)N(C)C(=O)C2CN(C(=O)CCl)C2)C1=O. The van der Waals surface area contributed by atoms with Crippen LogP contribution in [0, 0.1) is 29.1 Å². The molecule has 0 radical (unpaired) electrons. The zero-order valence-corrected chi connectivity index (χ0v) is 35.7. The first kappa shape index (κ1) is 44.4. The maximum Gasteiger partial charge on any atom is 0.305 e. The number of hydrogen-bond donors (Lipinski definition) is 2. The van der Waals surface area contributed by atoms with Crippen molar-refractivity contribution in [2.45, 2.75) is 65.1 Å². The number of alkyl halides is 1. The van der Waals surface area contributed by atoms with Crippen LogP contribution in [-0.4, -0.2) is 112 Å². The van der Waals surface area contributed by atoms with Crippen LogP contribution in [0.3, 0.4) is 0 Å². The number of nitriles is 1. The molecule has 1 aromatic heterocycles. The summed E-state index contributed by atoms with van der Waals surface area (Å²) in [5, 5.41) is 30.1. The number of ether oxygens (including phenoxy) is 1. The number of phenols is 1. The number of benzene rings is 3. The Hall–Kier alpha value is -6.20. The van der Waals surface area contributed by atoms with Crippen LogP contribution in [0.1, 0.15) is 51.2 Å². The predicted molar refractivity (Wildman–Crippen MR) is 232 cm³/mol. The first-order valence-corrected chi connectivity index (χ1v) is 21.1. The van der Waals surface area contributed by atoms with Crippen LogP contribution in [0.2, 0.25) is 0 Å². The number of amides is 4. The largest absolute Gasteiger partial charge is 0.508 e. The van der Waals surface area contributed by atoms with Crippen molar-refractivity contribution in [2.24, 2.45) is 22.9 Å². The van der Waals surface area contributed by atoms with Crippen LogP contribution in [0.15, 0.2) is 72.0 Å². The molecule has 0 saturated carbocycles. The summed E-state index contributed by atoms with van der Waals surface area (Å²) in [5.41, 5.74) is 5.03. The van der Waals surface area contributed by atoms with Crippen molar-refractivity contribution in [3.8, 4) is 34.1 Å². The number of nitrogens with zero attached hydrogens (tertiary/aromatic N) is 6. The number of likely N-dealkylation sites (N-methyl/N-ethyl adjacent to an activating group) is 1. The topological polar surface area (TPSA) is 178 Å². The third kappa shape index (κ3) is 10.1. The van der Waals surface area contributed by atoms with Crippen LogP contribution in [0.5, 0.6) is 5.75 Å². The molecule has 1 saturated heterocycles. The standard InChI is InChI=1S/C46H52ClN7O7/c1-28(2)43(51(5)45(59)34-24-53(25-34)41(56)21-47)44(58)50-39-18-30-16-33(19-35(55)17-30)31-13-14-37-38(36-11-7-6-10-32(36)22-48)26-52(40(37)20-31)23-29(3)27-61-42(57)12-8-9-15-54(49-4)46(39)60/h6-7,10-11,13-14,16-17,19-20,26,28-29,34,39,43,55H,4,8-9,12,15,18,21,23-25,27H2,1-3,5H3,(H,50,58)/t29-,39?,43-/m0/s1. The molecule has 14 nitrogen and oxygen atoms in total. The van der Waals surface area contributed by atoms with Gasteiger partial charge in [0.2, 0.25) is 17.7 Å². The van der Waals surface area contributed by atoms with Crippen molar-refractivity contribution in [1.29, 1.82) is 5.26 Å². The van der Waals surface area contributed by atoms with E-state index in [1.807, 2.05) is 55.6 Å². The minimum atomic E-state index is -1.20. The Morgan fingerprint density at radius 3 is 2.51 bits per heavy atom. The molecular weight excluding hydrogens is 798 g/mol. The summed E-state index contributed by atoms with van der Waals surface area (Å²) >= 11 is 5.69. The molecule has 1 fully saturated rings. The van der Waals surface area contributed by atoms with Gasteiger partial charge in [0.15, 0.2) is 0 Å². The summed E-state index contributed by atoms with van der Waals surface area (Å²) in [6, 6.07) is 18.5. The van der Waals surface area contributed by atoms with Crippen LogP contribution >= 0.6 is 11.6 Å². The van der Waals surface area contributed by atoms with Gasteiger partial charge in [0.05, 0.1) is 24.2 Å². The molecule has 6 rings (SSSR count). The highest BCUT2D eigenvalue weighted by Crippen LogP contribution is 2.37. The second-order valence-electron chi connectivity index (χ2n) is 16.4. The number of aromatic hydroxyl groups is 1. The summed E-state index contributed by atoms with van der Waals surface area (Å²) in [4.78, 5) is 69.9. The average Bonchev–Trinajstić information content (AvgIpc) is 3.57.